The van der Waals surface area contributed by atoms with Gasteiger partial charge in [0.05, 0.1) is 29.1 Å². The molecule has 2 rings (SSSR count). The average Bonchev–Trinajstić information content (AvgIpc) is 2.87. The molecule has 1 heterocycles. The zero-order chi connectivity index (χ0) is 15.4. The lowest BCUT2D eigenvalue weighted by molar-refractivity contribution is -0.140. The van der Waals surface area contributed by atoms with Crippen LogP contribution in [0.5, 0.6) is 0 Å². The van der Waals surface area contributed by atoms with Crippen LogP contribution < -0.4 is 5.32 Å². The first-order chi connectivity index (χ1) is 10.0. The molecule has 2 N–H and O–H groups in total. The molecule has 0 aliphatic heterocycles. The largest absolute Gasteiger partial charge is 0.481 e. The van der Waals surface area contributed by atoms with Crippen LogP contribution in [0.3, 0.4) is 0 Å². The Hall–Kier alpha value is -2.63. The number of carbonyl (C=O) groups is 2. The summed E-state index contributed by atoms with van der Waals surface area (Å²) in [6.45, 7) is 3.43. The summed E-state index contributed by atoms with van der Waals surface area (Å²) < 4.78 is 1.68. The van der Waals surface area contributed by atoms with Gasteiger partial charge in [-0.2, -0.15) is 5.10 Å². The molecule has 6 heteroatoms. The normalized spacial score (nSPS) is 11.9. The van der Waals surface area contributed by atoms with Crippen molar-refractivity contribution in [2.45, 2.75) is 13.8 Å². The predicted octanol–water partition coefficient (Wildman–Crippen LogP) is 1.63. The molecule has 0 aliphatic carbocycles. The van der Waals surface area contributed by atoms with Gasteiger partial charge in [-0.3, -0.25) is 9.59 Å². The van der Waals surface area contributed by atoms with Gasteiger partial charge in [0, 0.05) is 6.54 Å². The monoisotopic (exact) mass is 287 g/mol. The molecule has 0 aliphatic rings. The van der Waals surface area contributed by atoms with Crippen molar-refractivity contribution in [3.63, 3.8) is 0 Å². The van der Waals surface area contributed by atoms with Crippen LogP contribution in [0.1, 0.15) is 23.0 Å². The van der Waals surface area contributed by atoms with Gasteiger partial charge in [0.25, 0.3) is 5.91 Å². The van der Waals surface area contributed by atoms with Gasteiger partial charge in [0.1, 0.15) is 0 Å². The van der Waals surface area contributed by atoms with Crippen molar-refractivity contribution in [1.82, 2.24) is 15.1 Å². The maximum Gasteiger partial charge on any atom is 0.308 e. The van der Waals surface area contributed by atoms with Crippen molar-refractivity contribution < 1.29 is 14.7 Å². The second-order valence-electron chi connectivity index (χ2n) is 4.84. The van der Waals surface area contributed by atoms with E-state index in [-0.39, 0.29) is 12.5 Å². The van der Waals surface area contributed by atoms with Gasteiger partial charge in [0.2, 0.25) is 0 Å². The third kappa shape index (κ3) is 3.28. The van der Waals surface area contributed by atoms with Crippen LogP contribution in [0.25, 0.3) is 5.69 Å². The van der Waals surface area contributed by atoms with Gasteiger partial charge in [-0.05, 0) is 19.1 Å². The summed E-state index contributed by atoms with van der Waals surface area (Å²) in [5, 5.41) is 15.6. The van der Waals surface area contributed by atoms with Crippen LogP contribution in [0.2, 0.25) is 0 Å². The van der Waals surface area contributed by atoms with E-state index in [4.69, 9.17) is 5.11 Å². The first-order valence-corrected chi connectivity index (χ1v) is 6.61. The molecule has 1 aromatic carbocycles. The minimum atomic E-state index is -0.938. The van der Waals surface area contributed by atoms with E-state index in [2.05, 4.69) is 10.4 Å². The van der Waals surface area contributed by atoms with Crippen molar-refractivity contribution in [3.05, 3.63) is 47.8 Å². The molecule has 110 valence electrons. The highest BCUT2D eigenvalue weighted by Gasteiger charge is 2.17. The number of hydrogen-bond acceptors (Lipinski definition) is 3. The van der Waals surface area contributed by atoms with E-state index in [0.717, 1.165) is 5.69 Å². The second-order valence-corrected chi connectivity index (χ2v) is 4.84. The highest BCUT2D eigenvalue weighted by atomic mass is 16.4. The van der Waals surface area contributed by atoms with Gasteiger partial charge in [0.15, 0.2) is 0 Å². The zero-order valence-corrected chi connectivity index (χ0v) is 11.9. The Morgan fingerprint density at radius 1 is 1.33 bits per heavy atom. The van der Waals surface area contributed by atoms with Gasteiger partial charge < -0.3 is 10.4 Å². The third-order valence-corrected chi connectivity index (χ3v) is 3.25. The van der Waals surface area contributed by atoms with Crippen molar-refractivity contribution in [2.75, 3.05) is 6.54 Å². The number of amides is 1. The lowest BCUT2D eigenvalue weighted by Crippen LogP contribution is -2.31. The summed E-state index contributed by atoms with van der Waals surface area (Å²) in [6.07, 6.45) is 1.49. The smallest absolute Gasteiger partial charge is 0.308 e. The number of carboxylic acids is 1. The predicted molar refractivity (Wildman–Crippen MR) is 77.4 cm³/mol. The van der Waals surface area contributed by atoms with E-state index in [0.29, 0.717) is 11.3 Å². The molecule has 21 heavy (non-hydrogen) atoms. The molecule has 0 saturated heterocycles. The first-order valence-electron chi connectivity index (χ1n) is 6.61. The molecule has 1 aromatic heterocycles. The minimum absolute atomic E-state index is 0.0874. The fourth-order valence-electron chi connectivity index (χ4n) is 1.89. The van der Waals surface area contributed by atoms with Crippen LogP contribution in [-0.4, -0.2) is 33.3 Å². The van der Waals surface area contributed by atoms with Crippen molar-refractivity contribution >= 4 is 11.9 Å². The standard InChI is InChI=1S/C15H17N3O3/c1-10(15(20)21)8-16-14(19)13-9-17-18(11(13)2)12-6-4-3-5-7-12/h3-7,9-10H,8H2,1-2H3,(H,16,19)(H,20,21). The van der Waals surface area contributed by atoms with Crippen LogP contribution in [-0.2, 0) is 4.79 Å². The summed E-state index contributed by atoms with van der Waals surface area (Å²) in [4.78, 5) is 22.8. The van der Waals surface area contributed by atoms with E-state index in [1.807, 2.05) is 30.3 Å². The number of benzene rings is 1. The Morgan fingerprint density at radius 3 is 2.62 bits per heavy atom. The van der Waals surface area contributed by atoms with E-state index >= 15 is 0 Å². The summed E-state index contributed by atoms with van der Waals surface area (Å²) in [5.41, 5.74) is 2.02. The number of hydrogen-bond donors (Lipinski definition) is 2. The lowest BCUT2D eigenvalue weighted by Gasteiger charge is -2.08. The highest BCUT2D eigenvalue weighted by molar-refractivity contribution is 5.95. The SMILES string of the molecule is Cc1c(C(=O)NCC(C)C(=O)O)cnn1-c1ccccc1. The first kappa shape index (κ1) is 14.8. The summed E-state index contributed by atoms with van der Waals surface area (Å²) in [5.74, 6) is -1.88. The van der Waals surface area contributed by atoms with Gasteiger partial charge in [-0.15, -0.1) is 0 Å². The summed E-state index contributed by atoms with van der Waals surface area (Å²) >= 11 is 0. The molecular formula is C15H17N3O3. The topological polar surface area (TPSA) is 84.2 Å². The van der Waals surface area contributed by atoms with Crippen LogP contribution in [0, 0.1) is 12.8 Å². The van der Waals surface area contributed by atoms with Crippen LogP contribution in [0.15, 0.2) is 36.5 Å². The van der Waals surface area contributed by atoms with E-state index < -0.39 is 11.9 Å². The molecule has 1 amide bonds. The van der Waals surface area contributed by atoms with E-state index in [1.54, 1.807) is 18.5 Å². The number of nitrogens with zero attached hydrogens (tertiary/aromatic N) is 2. The van der Waals surface area contributed by atoms with Crippen LogP contribution >= 0.6 is 0 Å². The Bertz CT molecular complexity index is 649. The molecule has 0 radical (unpaired) electrons. The minimum Gasteiger partial charge on any atom is -0.481 e. The van der Waals surface area contributed by atoms with Crippen molar-refractivity contribution in [2.24, 2.45) is 5.92 Å². The fraction of sp³-hybridized carbons (Fsp3) is 0.267. The lowest BCUT2D eigenvalue weighted by atomic mass is 10.1. The number of para-hydroxylation sites is 1. The third-order valence-electron chi connectivity index (χ3n) is 3.25. The van der Waals surface area contributed by atoms with E-state index in [9.17, 15) is 9.59 Å². The molecule has 6 nitrogen and oxygen atoms in total. The Balaban J connectivity index is 2.13. The second kappa shape index (κ2) is 6.21. The summed E-state index contributed by atoms with van der Waals surface area (Å²) in [7, 11) is 0. The number of rotatable bonds is 5. The molecule has 0 fully saturated rings. The van der Waals surface area contributed by atoms with Crippen LogP contribution in [0.4, 0.5) is 0 Å². The maximum atomic E-state index is 12.1. The molecule has 0 bridgehead atoms. The van der Waals surface area contributed by atoms with Gasteiger partial charge >= 0.3 is 5.97 Å². The molecule has 0 spiro atoms. The number of aliphatic carboxylic acids is 1. The van der Waals surface area contributed by atoms with E-state index in [1.165, 1.54) is 6.20 Å². The number of carbonyl (C=O) groups excluding carboxylic acids is 1. The molecule has 0 saturated carbocycles. The molecule has 1 atom stereocenters. The molecule has 2 aromatic rings. The van der Waals surface area contributed by atoms with Crippen molar-refractivity contribution in [1.29, 1.82) is 0 Å². The quantitative estimate of drug-likeness (QED) is 0.875. The maximum absolute atomic E-state index is 12.1. The molecule has 1 unspecified atom stereocenters. The van der Waals surface area contributed by atoms with Gasteiger partial charge in [-0.25, -0.2) is 4.68 Å². The average molecular weight is 287 g/mol. The number of nitrogens with one attached hydrogen (secondary N) is 1. The van der Waals surface area contributed by atoms with Gasteiger partial charge in [-0.1, -0.05) is 25.1 Å². The number of carboxylic acid groups (broad SMARTS) is 1. The fourth-order valence-corrected chi connectivity index (χ4v) is 1.89. The molecular weight excluding hydrogens is 270 g/mol. The Morgan fingerprint density at radius 2 is 2.00 bits per heavy atom. The number of aromatic nitrogens is 2. The Labute approximate surface area is 122 Å². The summed E-state index contributed by atoms with van der Waals surface area (Å²) in [6, 6.07) is 9.49. The highest BCUT2D eigenvalue weighted by Crippen LogP contribution is 2.13. The van der Waals surface area contributed by atoms with Crippen molar-refractivity contribution in [3.8, 4) is 5.69 Å². The Kier molecular flexibility index (Phi) is 4.37. The zero-order valence-electron chi connectivity index (χ0n) is 11.9.